The molecule has 1 N–H and O–H groups in total. The van der Waals surface area contributed by atoms with Gasteiger partial charge in [0.25, 0.3) is 5.91 Å². The van der Waals surface area contributed by atoms with Crippen LogP contribution >= 0.6 is 15.9 Å². The van der Waals surface area contributed by atoms with Gasteiger partial charge >= 0.3 is 6.16 Å². The van der Waals surface area contributed by atoms with Crippen LogP contribution < -0.4 is 10.1 Å². The average Bonchev–Trinajstić information content (AvgIpc) is 2.80. The molecule has 8 heteroatoms. The fourth-order valence-electron chi connectivity index (χ4n) is 3.56. The lowest BCUT2D eigenvalue weighted by molar-refractivity contribution is -0.131. The summed E-state index contributed by atoms with van der Waals surface area (Å²) in [5.41, 5.74) is 1.48. The molecule has 0 radical (unpaired) electrons. The molecule has 1 aliphatic heterocycles. The molecule has 0 atom stereocenters. The van der Waals surface area contributed by atoms with E-state index in [-0.39, 0.29) is 18.4 Å². The van der Waals surface area contributed by atoms with Crippen LogP contribution in [0.2, 0.25) is 0 Å². The number of nitrogens with zero attached hydrogens (tertiary/aromatic N) is 1. The second-order valence-corrected chi connectivity index (χ2v) is 8.47. The molecule has 170 valence electrons. The molecule has 2 aromatic rings. The Kier molecular flexibility index (Phi) is 8.67. The highest BCUT2D eigenvalue weighted by molar-refractivity contribution is 9.10. The Morgan fingerprint density at radius 2 is 1.75 bits per heavy atom. The molecule has 2 amide bonds. The van der Waals surface area contributed by atoms with Gasteiger partial charge in [-0.3, -0.25) is 9.59 Å². The third-order valence-electron chi connectivity index (χ3n) is 5.40. The zero-order valence-electron chi connectivity index (χ0n) is 18.0. The van der Waals surface area contributed by atoms with E-state index in [0.29, 0.717) is 43.3 Å². The van der Waals surface area contributed by atoms with Crippen molar-refractivity contribution in [3.05, 3.63) is 64.1 Å². The topological polar surface area (TPSA) is 84.9 Å². The van der Waals surface area contributed by atoms with Crippen LogP contribution in [-0.2, 0) is 16.0 Å². The normalized spacial score (nSPS) is 14.0. The number of rotatable bonds is 7. The Morgan fingerprint density at radius 1 is 1.06 bits per heavy atom. The predicted octanol–water partition coefficient (Wildman–Crippen LogP) is 4.20. The smallest absolute Gasteiger partial charge is 0.434 e. The third kappa shape index (κ3) is 6.82. The molecule has 1 aliphatic rings. The van der Waals surface area contributed by atoms with Crippen LogP contribution in [0.4, 0.5) is 4.79 Å². The van der Waals surface area contributed by atoms with Crippen molar-refractivity contribution in [2.24, 2.45) is 5.92 Å². The first kappa shape index (κ1) is 23.8. The minimum atomic E-state index is -0.772. The number of halogens is 1. The number of hydrogen-bond acceptors (Lipinski definition) is 5. The van der Waals surface area contributed by atoms with Crippen LogP contribution in [0.5, 0.6) is 5.75 Å². The lowest BCUT2D eigenvalue weighted by Crippen LogP contribution is -2.42. The largest absolute Gasteiger partial charge is 0.513 e. The van der Waals surface area contributed by atoms with Crippen LogP contribution in [0.3, 0.4) is 0 Å². The first-order chi connectivity index (χ1) is 15.5. The number of amides is 2. The van der Waals surface area contributed by atoms with Gasteiger partial charge in [-0.1, -0.05) is 34.1 Å². The minimum absolute atomic E-state index is 0.129. The molecule has 0 spiro atoms. The van der Waals surface area contributed by atoms with Gasteiger partial charge in [0.05, 0.1) is 13.0 Å². The Bertz CT molecular complexity index is 940. The van der Waals surface area contributed by atoms with Crippen LogP contribution in [0, 0.1) is 5.92 Å². The maximum atomic E-state index is 12.6. The molecule has 1 saturated heterocycles. The summed E-state index contributed by atoms with van der Waals surface area (Å²) in [6, 6.07) is 14.1. The number of piperidine rings is 1. The highest BCUT2D eigenvalue weighted by atomic mass is 79.9. The average molecular weight is 503 g/mol. The second kappa shape index (κ2) is 11.7. The van der Waals surface area contributed by atoms with Gasteiger partial charge in [0.2, 0.25) is 5.91 Å². The monoisotopic (exact) mass is 502 g/mol. The van der Waals surface area contributed by atoms with Crippen molar-refractivity contribution in [1.82, 2.24) is 10.2 Å². The zero-order valence-corrected chi connectivity index (χ0v) is 19.6. The van der Waals surface area contributed by atoms with E-state index in [9.17, 15) is 14.4 Å². The summed E-state index contributed by atoms with van der Waals surface area (Å²) in [4.78, 5) is 38.3. The Labute approximate surface area is 196 Å². The lowest BCUT2D eigenvalue weighted by atomic mass is 9.96. The summed E-state index contributed by atoms with van der Waals surface area (Å²) in [7, 11) is 0. The molecular weight excluding hydrogens is 476 g/mol. The molecule has 0 aromatic heterocycles. The molecule has 0 bridgehead atoms. The van der Waals surface area contributed by atoms with Gasteiger partial charge < -0.3 is 19.7 Å². The highest BCUT2D eigenvalue weighted by Gasteiger charge is 2.23. The van der Waals surface area contributed by atoms with E-state index < -0.39 is 6.16 Å². The fraction of sp³-hybridized carbons (Fsp3) is 0.375. The van der Waals surface area contributed by atoms with Crippen LogP contribution in [0.1, 0.15) is 35.7 Å². The summed E-state index contributed by atoms with van der Waals surface area (Å²) < 4.78 is 10.7. The van der Waals surface area contributed by atoms with E-state index in [1.165, 1.54) is 0 Å². The number of hydrogen-bond donors (Lipinski definition) is 1. The number of carbonyl (C=O) groups is 3. The van der Waals surface area contributed by atoms with E-state index in [1.807, 2.05) is 29.2 Å². The molecule has 0 unspecified atom stereocenters. The molecule has 0 saturated carbocycles. The second-order valence-electron chi connectivity index (χ2n) is 7.61. The molecule has 2 aromatic carbocycles. The van der Waals surface area contributed by atoms with Gasteiger partial charge in [-0.2, -0.15) is 0 Å². The van der Waals surface area contributed by atoms with E-state index in [4.69, 9.17) is 9.47 Å². The molecule has 0 aliphatic carbocycles. The van der Waals surface area contributed by atoms with Gasteiger partial charge in [0.1, 0.15) is 5.75 Å². The van der Waals surface area contributed by atoms with Crippen molar-refractivity contribution in [3.63, 3.8) is 0 Å². The first-order valence-electron chi connectivity index (χ1n) is 10.7. The van der Waals surface area contributed by atoms with Gasteiger partial charge in [-0.15, -0.1) is 0 Å². The predicted molar refractivity (Wildman–Crippen MR) is 124 cm³/mol. The maximum Gasteiger partial charge on any atom is 0.513 e. The Morgan fingerprint density at radius 3 is 2.41 bits per heavy atom. The number of benzene rings is 2. The summed E-state index contributed by atoms with van der Waals surface area (Å²) in [6.45, 7) is 3.89. The molecule has 3 rings (SSSR count). The molecular formula is C24H27BrN2O5. The Hall–Kier alpha value is -2.87. The fourth-order valence-corrected chi connectivity index (χ4v) is 3.98. The summed E-state index contributed by atoms with van der Waals surface area (Å²) in [6.07, 6.45) is 1.33. The maximum absolute atomic E-state index is 12.6. The van der Waals surface area contributed by atoms with Gasteiger partial charge in [-0.05, 0) is 61.6 Å². The first-order valence-corrected chi connectivity index (χ1v) is 11.5. The molecule has 1 heterocycles. The number of nitrogens with one attached hydrogen (secondary N) is 1. The summed E-state index contributed by atoms with van der Waals surface area (Å²) >= 11 is 3.49. The van der Waals surface area contributed by atoms with E-state index >= 15 is 0 Å². The van der Waals surface area contributed by atoms with E-state index in [1.54, 1.807) is 31.2 Å². The van der Waals surface area contributed by atoms with Crippen LogP contribution in [0.25, 0.3) is 0 Å². The molecule has 7 nitrogen and oxygen atoms in total. The third-order valence-corrected chi connectivity index (χ3v) is 6.17. The summed E-state index contributed by atoms with van der Waals surface area (Å²) in [5, 5.41) is 2.96. The standard InChI is InChI=1S/C24H27BrN2O5/c1-2-31-24(30)32-20-9-7-18(8-10-20)23(29)26-16-17-11-13-27(14-12-17)22(28)15-19-5-3-4-6-21(19)25/h3-10,17H,2,11-16H2,1H3,(H,26,29). The quantitative estimate of drug-likeness (QED) is 0.453. The molecule has 32 heavy (non-hydrogen) atoms. The SMILES string of the molecule is CCOC(=O)Oc1ccc(C(=O)NCC2CCN(C(=O)Cc3ccccc3Br)CC2)cc1. The Balaban J connectivity index is 1.40. The van der Waals surface area contributed by atoms with Crippen molar-refractivity contribution in [2.45, 2.75) is 26.2 Å². The van der Waals surface area contributed by atoms with Crippen molar-refractivity contribution < 1.29 is 23.9 Å². The lowest BCUT2D eigenvalue weighted by Gasteiger charge is -2.32. The van der Waals surface area contributed by atoms with Crippen molar-refractivity contribution >= 4 is 33.9 Å². The van der Waals surface area contributed by atoms with Crippen LogP contribution in [-0.4, -0.2) is 49.1 Å². The van der Waals surface area contributed by atoms with E-state index in [2.05, 4.69) is 21.2 Å². The van der Waals surface area contributed by atoms with Crippen molar-refractivity contribution in [2.75, 3.05) is 26.2 Å². The van der Waals surface area contributed by atoms with Gasteiger partial charge in [0.15, 0.2) is 0 Å². The highest BCUT2D eigenvalue weighted by Crippen LogP contribution is 2.21. The van der Waals surface area contributed by atoms with Crippen molar-refractivity contribution in [1.29, 1.82) is 0 Å². The number of carbonyl (C=O) groups excluding carboxylic acids is 3. The van der Waals surface area contributed by atoms with Crippen molar-refractivity contribution in [3.8, 4) is 5.75 Å². The summed E-state index contributed by atoms with van der Waals surface area (Å²) in [5.74, 6) is 0.599. The number of ether oxygens (including phenoxy) is 2. The minimum Gasteiger partial charge on any atom is -0.434 e. The van der Waals surface area contributed by atoms with Gasteiger partial charge in [-0.25, -0.2) is 4.79 Å². The zero-order chi connectivity index (χ0) is 22.9. The van der Waals surface area contributed by atoms with Gasteiger partial charge in [0, 0.05) is 29.7 Å². The molecule has 1 fully saturated rings. The number of likely N-dealkylation sites (tertiary alicyclic amines) is 1. The van der Waals surface area contributed by atoms with E-state index in [0.717, 1.165) is 22.9 Å². The van der Waals surface area contributed by atoms with Crippen LogP contribution in [0.15, 0.2) is 53.0 Å².